The van der Waals surface area contributed by atoms with Gasteiger partial charge < -0.3 is 0 Å². The van der Waals surface area contributed by atoms with Crippen molar-refractivity contribution in [2.45, 2.75) is 75.5 Å². The summed E-state index contributed by atoms with van der Waals surface area (Å²) in [6.45, 7) is 0. The van der Waals surface area contributed by atoms with Crippen LogP contribution in [0.25, 0.3) is 0 Å². The van der Waals surface area contributed by atoms with Crippen LogP contribution in [0, 0.1) is 6.42 Å². The molecule has 3 rings (SSSR count). The van der Waals surface area contributed by atoms with Crippen LogP contribution in [0.2, 0.25) is 0 Å². The van der Waals surface area contributed by atoms with Crippen molar-refractivity contribution in [2.75, 3.05) is 0 Å². The highest BCUT2D eigenvalue weighted by atomic mass is 31.1. The Morgan fingerprint density at radius 2 is 1.28 bits per heavy atom. The third-order valence-electron chi connectivity index (χ3n) is 4.88. The highest BCUT2D eigenvalue weighted by molar-refractivity contribution is 7.63. The summed E-state index contributed by atoms with van der Waals surface area (Å²) in [6.07, 6.45) is 24.4. The van der Waals surface area contributed by atoms with Gasteiger partial charge in [-0.1, -0.05) is 64.7 Å². The summed E-state index contributed by atoms with van der Waals surface area (Å²) in [5.74, 6) is 0. The van der Waals surface area contributed by atoms with Gasteiger partial charge in [-0.25, -0.2) is 0 Å². The first-order chi connectivity index (χ1) is 8.95. The second kappa shape index (κ2) is 6.38. The van der Waals surface area contributed by atoms with Crippen LogP contribution in [-0.4, -0.2) is 11.3 Å². The molecule has 0 aromatic carbocycles. The Morgan fingerprint density at radius 3 is 1.72 bits per heavy atom. The van der Waals surface area contributed by atoms with Gasteiger partial charge in [-0.15, -0.1) is 0 Å². The van der Waals surface area contributed by atoms with Gasteiger partial charge in [0.15, 0.2) is 0 Å². The van der Waals surface area contributed by atoms with E-state index in [9.17, 15) is 0 Å². The molecule has 0 heterocycles. The fraction of sp³-hybridized carbons (Fsp3) is 0.706. The molecule has 0 saturated heterocycles. The first-order valence-electron chi connectivity index (χ1n) is 7.95. The Bertz CT molecular complexity index is 299. The molecule has 2 saturated carbocycles. The molecule has 0 N–H and O–H groups in total. The van der Waals surface area contributed by atoms with Crippen molar-refractivity contribution >= 4 is 7.92 Å². The Kier molecular flexibility index (Phi) is 4.58. The third kappa shape index (κ3) is 2.90. The Hall–Kier alpha value is -0.0900. The van der Waals surface area contributed by atoms with E-state index in [0.29, 0.717) is 0 Å². The lowest BCUT2D eigenvalue weighted by atomic mass is 9.99. The van der Waals surface area contributed by atoms with Gasteiger partial charge in [0.25, 0.3) is 0 Å². The summed E-state index contributed by atoms with van der Waals surface area (Å²) in [6, 6.07) is 0. The second-order valence-electron chi connectivity index (χ2n) is 6.13. The molecule has 3 aliphatic carbocycles. The number of rotatable bonds is 3. The summed E-state index contributed by atoms with van der Waals surface area (Å²) >= 11 is 0. The molecule has 0 spiro atoms. The zero-order chi connectivity index (χ0) is 12.2. The van der Waals surface area contributed by atoms with Crippen LogP contribution in [0.4, 0.5) is 0 Å². The van der Waals surface area contributed by atoms with Crippen LogP contribution in [0.15, 0.2) is 23.5 Å². The zero-order valence-corrected chi connectivity index (χ0v) is 12.4. The van der Waals surface area contributed by atoms with Crippen LogP contribution in [0.5, 0.6) is 0 Å². The maximum Gasteiger partial charge on any atom is 0.0130 e. The Labute approximate surface area is 114 Å². The molecule has 0 amide bonds. The fourth-order valence-corrected chi connectivity index (χ4v) is 7.77. The number of hydrogen-bond donors (Lipinski definition) is 0. The van der Waals surface area contributed by atoms with Gasteiger partial charge >= 0.3 is 0 Å². The topological polar surface area (TPSA) is 0 Å². The quantitative estimate of drug-likeness (QED) is 0.564. The predicted molar refractivity (Wildman–Crippen MR) is 82.2 cm³/mol. The standard InChI is InChI=1S/C17H26P/c1-3-9-15(10-4-1)18(17-13-7-8-14-17)16-11-5-2-6-12-16/h7-8,13-16H,1-6,9-12H2. The average molecular weight is 261 g/mol. The lowest BCUT2D eigenvalue weighted by molar-refractivity contribution is 0.486. The number of hydrogen-bond acceptors (Lipinski definition) is 0. The molecule has 0 atom stereocenters. The molecule has 2 fully saturated rings. The minimum Gasteiger partial charge on any atom is -0.0760 e. The van der Waals surface area contributed by atoms with Crippen molar-refractivity contribution in [3.63, 3.8) is 0 Å². The molecular formula is C17H26P. The lowest BCUT2D eigenvalue weighted by Gasteiger charge is -2.39. The van der Waals surface area contributed by atoms with Crippen LogP contribution >= 0.6 is 7.92 Å². The highest BCUT2D eigenvalue weighted by Gasteiger charge is 2.33. The molecule has 1 radical (unpaired) electrons. The van der Waals surface area contributed by atoms with Crippen molar-refractivity contribution < 1.29 is 0 Å². The highest BCUT2D eigenvalue weighted by Crippen LogP contribution is 2.62. The Morgan fingerprint density at radius 1 is 0.722 bits per heavy atom. The van der Waals surface area contributed by atoms with E-state index in [-0.39, 0.29) is 7.92 Å². The van der Waals surface area contributed by atoms with Gasteiger partial charge in [0.2, 0.25) is 0 Å². The van der Waals surface area contributed by atoms with Gasteiger partial charge in [0, 0.05) is 6.42 Å². The van der Waals surface area contributed by atoms with E-state index in [1.807, 2.05) is 0 Å². The molecule has 18 heavy (non-hydrogen) atoms. The third-order valence-corrected chi connectivity index (χ3v) is 8.38. The van der Waals surface area contributed by atoms with Crippen LogP contribution in [0.3, 0.4) is 0 Å². The maximum absolute atomic E-state index is 2.43. The van der Waals surface area contributed by atoms with E-state index in [0.717, 1.165) is 11.3 Å². The van der Waals surface area contributed by atoms with Crippen molar-refractivity contribution in [3.05, 3.63) is 30.0 Å². The first-order valence-corrected chi connectivity index (χ1v) is 9.43. The second-order valence-corrected chi connectivity index (χ2v) is 8.93. The van der Waals surface area contributed by atoms with Gasteiger partial charge in [-0.2, -0.15) is 0 Å². The van der Waals surface area contributed by atoms with E-state index >= 15 is 0 Å². The molecule has 0 aromatic rings. The lowest BCUT2D eigenvalue weighted by Crippen LogP contribution is -2.21. The molecule has 0 nitrogen and oxygen atoms in total. The van der Waals surface area contributed by atoms with Gasteiger partial charge in [-0.05, 0) is 42.3 Å². The molecule has 0 bridgehead atoms. The molecular weight excluding hydrogens is 235 g/mol. The largest absolute Gasteiger partial charge is 0.0760 e. The molecule has 0 aromatic heterocycles. The first kappa shape index (κ1) is 12.9. The van der Waals surface area contributed by atoms with Gasteiger partial charge in [0.1, 0.15) is 0 Å². The summed E-state index contributed by atoms with van der Waals surface area (Å²) in [5, 5.41) is 1.73. The van der Waals surface area contributed by atoms with Crippen LogP contribution < -0.4 is 0 Å². The van der Waals surface area contributed by atoms with Crippen molar-refractivity contribution in [2.24, 2.45) is 0 Å². The molecule has 1 heteroatoms. The van der Waals surface area contributed by atoms with Crippen molar-refractivity contribution in [3.8, 4) is 0 Å². The minimum atomic E-state index is 0.145. The van der Waals surface area contributed by atoms with E-state index in [4.69, 9.17) is 0 Å². The fourth-order valence-electron chi connectivity index (χ4n) is 3.97. The SMILES string of the molecule is [CH]1C=CC=C1P(C1CCCCC1)C1CCCCC1. The molecule has 0 aliphatic heterocycles. The van der Waals surface area contributed by atoms with Crippen LogP contribution in [0.1, 0.15) is 64.2 Å². The zero-order valence-electron chi connectivity index (χ0n) is 11.5. The summed E-state index contributed by atoms with van der Waals surface area (Å²) in [5.41, 5.74) is 2.11. The van der Waals surface area contributed by atoms with Crippen LogP contribution in [-0.2, 0) is 0 Å². The van der Waals surface area contributed by atoms with Gasteiger partial charge in [-0.3, -0.25) is 0 Å². The van der Waals surface area contributed by atoms with Crippen molar-refractivity contribution in [1.29, 1.82) is 0 Å². The van der Waals surface area contributed by atoms with E-state index in [2.05, 4.69) is 24.6 Å². The Balaban J connectivity index is 1.73. The normalized spacial score (nSPS) is 26.8. The average Bonchev–Trinajstić information content (AvgIpc) is 2.95. The summed E-state index contributed by atoms with van der Waals surface area (Å²) in [4.78, 5) is 0. The number of allylic oxidation sites excluding steroid dienone is 4. The molecule has 0 unspecified atom stereocenters. The minimum absolute atomic E-state index is 0.145. The smallest absolute Gasteiger partial charge is 0.0130 e. The molecule has 99 valence electrons. The predicted octanol–water partition coefficient (Wildman–Crippen LogP) is 5.79. The molecule has 3 aliphatic rings. The van der Waals surface area contributed by atoms with Crippen molar-refractivity contribution in [1.82, 2.24) is 0 Å². The van der Waals surface area contributed by atoms with Gasteiger partial charge in [0.05, 0.1) is 0 Å². The van der Waals surface area contributed by atoms with E-state index in [1.54, 1.807) is 5.31 Å². The summed E-state index contributed by atoms with van der Waals surface area (Å²) < 4.78 is 0. The summed E-state index contributed by atoms with van der Waals surface area (Å²) in [7, 11) is 0.145. The maximum atomic E-state index is 2.43. The van der Waals surface area contributed by atoms with E-state index < -0.39 is 0 Å². The van der Waals surface area contributed by atoms with E-state index in [1.165, 1.54) is 64.2 Å². The monoisotopic (exact) mass is 261 g/mol.